The number of hydrogen-bond donors (Lipinski definition) is 3. The number of aromatic nitrogens is 4. The fraction of sp³-hybridized carbons (Fsp3) is 0.556. The molecule has 0 aromatic carbocycles. The van der Waals surface area contributed by atoms with Gasteiger partial charge in [-0.2, -0.15) is 5.10 Å². The maximum Gasteiger partial charge on any atom is 0.272 e. The summed E-state index contributed by atoms with van der Waals surface area (Å²) in [7, 11) is 0. The van der Waals surface area contributed by atoms with Gasteiger partial charge in [-0.3, -0.25) is 9.89 Å². The van der Waals surface area contributed by atoms with Gasteiger partial charge in [0.15, 0.2) is 5.69 Å². The highest BCUT2D eigenvalue weighted by molar-refractivity contribution is 5.94. The SMILES string of the molecule is Cc1cc(N2CCC(NC(=O)c3n[nH]c4c3CNCC4)CC2)nc(C)n1.Cl. The molecule has 9 heteroatoms. The van der Waals surface area contributed by atoms with E-state index in [1.54, 1.807) is 0 Å². The molecule has 0 bridgehead atoms. The van der Waals surface area contributed by atoms with Gasteiger partial charge in [0.05, 0.1) is 0 Å². The molecular formula is C18H26ClN7O. The van der Waals surface area contributed by atoms with E-state index in [-0.39, 0.29) is 24.4 Å². The summed E-state index contributed by atoms with van der Waals surface area (Å²) in [6.45, 7) is 7.30. The van der Waals surface area contributed by atoms with Gasteiger partial charge in [0.25, 0.3) is 5.91 Å². The van der Waals surface area contributed by atoms with Gasteiger partial charge in [-0.1, -0.05) is 0 Å². The first-order valence-electron chi connectivity index (χ1n) is 9.25. The van der Waals surface area contributed by atoms with Gasteiger partial charge in [0.2, 0.25) is 0 Å². The van der Waals surface area contributed by atoms with E-state index in [0.29, 0.717) is 12.2 Å². The van der Waals surface area contributed by atoms with E-state index in [0.717, 1.165) is 67.5 Å². The van der Waals surface area contributed by atoms with E-state index in [9.17, 15) is 4.79 Å². The number of aryl methyl sites for hydroxylation is 2. The van der Waals surface area contributed by atoms with Gasteiger partial charge in [-0.25, -0.2) is 9.97 Å². The van der Waals surface area contributed by atoms with Crippen molar-refractivity contribution in [2.45, 2.75) is 45.7 Å². The lowest BCUT2D eigenvalue weighted by atomic mass is 10.0. The van der Waals surface area contributed by atoms with Gasteiger partial charge in [0.1, 0.15) is 11.6 Å². The van der Waals surface area contributed by atoms with Crippen molar-refractivity contribution in [2.75, 3.05) is 24.5 Å². The molecule has 146 valence electrons. The van der Waals surface area contributed by atoms with Gasteiger partial charge in [0, 0.05) is 61.7 Å². The lowest BCUT2D eigenvalue weighted by molar-refractivity contribution is 0.0925. The highest BCUT2D eigenvalue weighted by atomic mass is 35.5. The molecule has 0 aliphatic carbocycles. The van der Waals surface area contributed by atoms with E-state index >= 15 is 0 Å². The second-order valence-corrected chi connectivity index (χ2v) is 7.11. The summed E-state index contributed by atoms with van der Waals surface area (Å²) < 4.78 is 0. The van der Waals surface area contributed by atoms with Crippen molar-refractivity contribution in [3.8, 4) is 0 Å². The fourth-order valence-corrected chi connectivity index (χ4v) is 3.78. The lowest BCUT2D eigenvalue weighted by Crippen LogP contribution is -2.45. The van der Waals surface area contributed by atoms with Crippen LogP contribution in [0.4, 0.5) is 5.82 Å². The Morgan fingerprint density at radius 3 is 2.78 bits per heavy atom. The highest BCUT2D eigenvalue weighted by Gasteiger charge is 2.26. The molecule has 4 heterocycles. The number of rotatable bonds is 3. The van der Waals surface area contributed by atoms with Crippen LogP contribution in [0.3, 0.4) is 0 Å². The molecule has 4 rings (SSSR count). The van der Waals surface area contributed by atoms with Crippen LogP contribution in [0.5, 0.6) is 0 Å². The maximum atomic E-state index is 12.6. The predicted molar refractivity (Wildman–Crippen MR) is 105 cm³/mol. The van der Waals surface area contributed by atoms with E-state index in [4.69, 9.17) is 0 Å². The number of amides is 1. The minimum absolute atomic E-state index is 0. The number of nitrogens with one attached hydrogen (secondary N) is 3. The van der Waals surface area contributed by atoms with Crippen LogP contribution in [0.15, 0.2) is 6.07 Å². The first kappa shape index (κ1) is 19.6. The minimum atomic E-state index is -0.0709. The Morgan fingerprint density at radius 2 is 2.04 bits per heavy atom. The molecule has 1 fully saturated rings. The molecule has 0 spiro atoms. The zero-order valence-electron chi connectivity index (χ0n) is 15.7. The summed E-state index contributed by atoms with van der Waals surface area (Å²) in [5.41, 5.74) is 3.62. The third kappa shape index (κ3) is 4.22. The molecule has 1 saturated heterocycles. The van der Waals surface area contributed by atoms with E-state index in [1.165, 1.54) is 0 Å². The Hall–Kier alpha value is -2.19. The van der Waals surface area contributed by atoms with E-state index < -0.39 is 0 Å². The topological polar surface area (TPSA) is 98.8 Å². The number of halogens is 1. The van der Waals surface area contributed by atoms with Gasteiger partial charge < -0.3 is 15.5 Å². The van der Waals surface area contributed by atoms with E-state index in [2.05, 4.69) is 35.7 Å². The number of fused-ring (bicyclic) bond motifs is 1. The maximum absolute atomic E-state index is 12.6. The summed E-state index contributed by atoms with van der Waals surface area (Å²) in [5.74, 6) is 1.71. The van der Waals surface area contributed by atoms with Crippen molar-refractivity contribution in [1.82, 2.24) is 30.8 Å². The van der Waals surface area contributed by atoms with E-state index in [1.807, 2.05) is 19.9 Å². The number of nitrogens with zero attached hydrogens (tertiary/aromatic N) is 4. The van der Waals surface area contributed by atoms with Crippen molar-refractivity contribution in [1.29, 1.82) is 0 Å². The molecule has 8 nitrogen and oxygen atoms in total. The second-order valence-electron chi connectivity index (χ2n) is 7.11. The summed E-state index contributed by atoms with van der Waals surface area (Å²) in [6, 6.07) is 2.20. The number of carbonyl (C=O) groups is 1. The highest BCUT2D eigenvalue weighted by Crippen LogP contribution is 2.20. The van der Waals surface area contributed by atoms with Gasteiger partial charge >= 0.3 is 0 Å². The summed E-state index contributed by atoms with van der Waals surface area (Å²) in [6.07, 6.45) is 2.70. The van der Waals surface area contributed by atoms with Gasteiger partial charge in [-0.15, -0.1) is 12.4 Å². The summed E-state index contributed by atoms with van der Waals surface area (Å²) >= 11 is 0. The van der Waals surface area contributed by atoms with Crippen LogP contribution in [0.25, 0.3) is 0 Å². The molecule has 2 aliphatic rings. The minimum Gasteiger partial charge on any atom is -0.356 e. The van der Waals surface area contributed by atoms with Crippen molar-refractivity contribution in [2.24, 2.45) is 0 Å². The largest absolute Gasteiger partial charge is 0.356 e. The molecule has 2 aromatic rings. The zero-order valence-corrected chi connectivity index (χ0v) is 16.5. The number of aromatic amines is 1. The van der Waals surface area contributed by atoms with Crippen LogP contribution in [0.1, 0.15) is 46.1 Å². The Morgan fingerprint density at radius 1 is 1.26 bits per heavy atom. The van der Waals surface area contributed by atoms with Crippen LogP contribution in [-0.4, -0.2) is 51.7 Å². The Kier molecular flexibility index (Phi) is 5.96. The quantitative estimate of drug-likeness (QED) is 0.729. The molecule has 0 unspecified atom stereocenters. The average molecular weight is 392 g/mol. The van der Waals surface area contributed by atoms with Crippen LogP contribution >= 0.6 is 12.4 Å². The van der Waals surface area contributed by atoms with Crippen molar-refractivity contribution >= 4 is 24.1 Å². The van der Waals surface area contributed by atoms with Crippen molar-refractivity contribution in [3.05, 3.63) is 34.5 Å². The number of hydrogen-bond acceptors (Lipinski definition) is 6. The van der Waals surface area contributed by atoms with Crippen LogP contribution in [-0.2, 0) is 13.0 Å². The van der Waals surface area contributed by atoms with Crippen LogP contribution in [0, 0.1) is 13.8 Å². The summed E-state index contributed by atoms with van der Waals surface area (Å²) in [5, 5.41) is 13.7. The molecule has 3 N–H and O–H groups in total. The van der Waals surface area contributed by atoms with Crippen LogP contribution in [0.2, 0.25) is 0 Å². The lowest BCUT2D eigenvalue weighted by Gasteiger charge is -2.33. The fourth-order valence-electron chi connectivity index (χ4n) is 3.78. The molecule has 0 atom stereocenters. The van der Waals surface area contributed by atoms with Crippen molar-refractivity contribution < 1.29 is 4.79 Å². The molecular weight excluding hydrogens is 366 g/mol. The average Bonchev–Trinajstić information content (AvgIpc) is 3.06. The number of anilines is 1. The molecule has 2 aliphatic heterocycles. The zero-order chi connectivity index (χ0) is 18.1. The molecule has 1 amide bonds. The number of H-pyrrole nitrogens is 1. The molecule has 0 radical (unpaired) electrons. The predicted octanol–water partition coefficient (Wildman–Crippen LogP) is 1.28. The standard InChI is InChI=1S/C18H25N7O.ClH/c1-11-9-16(21-12(2)20-11)25-7-4-13(5-8-25)22-18(26)17-14-10-19-6-3-15(14)23-24-17;/h9,13,19H,3-8,10H2,1-2H3,(H,22,26)(H,23,24);1H. The van der Waals surface area contributed by atoms with Crippen molar-refractivity contribution in [3.63, 3.8) is 0 Å². The molecule has 0 saturated carbocycles. The number of carbonyl (C=O) groups excluding carboxylic acids is 1. The molecule has 2 aromatic heterocycles. The Balaban J connectivity index is 0.00000210. The normalized spacial score (nSPS) is 17.2. The smallest absolute Gasteiger partial charge is 0.272 e. The number of piperidine rings is 1. The third-order valence-electron chi connectivity index (χ3n) is 5.13. The first-order valence-corrected chi connectivity index (χ1v) is 9.25. The first-order chi connectivity index (χ1) is 12.6. The van der Waals surface area contributed by atoms with Crippen LogP contribution < -0.4 is 15.5 Å². The molecule has 27 heavy (non-hydrogen) atoms. The monoisotopic (exact) mass is 391 g/mol. The van der Waals surface area contributed by atoms with Gasteiger partial charge in [-0.05, 0) is 26.7 Å². The summed E-state index contributed by atoms with van der Waals surface area (Å²) in [4.78, 5) is 23.8. The second kappa shape index (κ2) is 8.22. The Labute approximate surface area is 165 Å². The third-order valence-corrected chi connectivity index (χ3v) is 5.13. The Bertz CT molecular complexity index is 794.